The molecule has 0 amide bonds. The molecule has 15 heavy (non-hydrogen) atoms. The SMILES string of the molecule is CC(CCC1CCCC1)NC1CCSC1. The van der Waals surface area contributed by atoms with E-state index < -0.39 is 0 Å². The number of hydrogen-bond donors (Lipinski definition) is 1. The molecule has 1 saturated heterocycles. The molecule has 1 heterocycles. The Hall–Kier alpha value is 0.310. The lowest BCUT2D eigenvalue weighted by molar-refractivity contribution is 0.395. The number of rotatable bonds is 5. The molecule has 1 aliphatic carbocycles. The quantitative estimate of drug-likeness (QED) is 0.772. The van der Waals surface area contributed by atoms with Crippen LogP contribution in [0.25, 0.3) is 0 Å². The summed E-state index contributed by atoms with van der Waals surface area (Å²) >= 11 is 2.11. The van der Waals surface area contributed by atoms with Crippen LogP contribution in [0.1, 0.15) is 51.9 Å². The van der Waals surface area contributed by atoms with Gasteiger partial charge in [0.25, 0.3) is 0 Å². The van der Waals surface area contributed by atoms with Crippen LogP contribution in [-0.4, -0.2) is 23.6 Å². The first-order chi connectivity index (χ1) is 7.34. The van der Waals surface area contributed by atoms with Gasteiger partial charge in [-0.25, -0.2) is 0 Å². The Kier molecular flexibility index (Phi) is 4.83. The van der Waals surface area contributed by atoms with E-state index in [1.54, 1.807) is 0 Å². The molecule has 0 bridgehead atoms. The van der Waals surface area contributed by atoms with Crippen molar-refractivity contribution in [3.63, 3.8) is 0 Å². The van der Waals surface area contributed by atoms with E-state index in [9.17, 15) is 0 Å². The third-order valence-corrected chi connectivity index (χ3v) is 5.10. The van der Waals surface area contributed by atoms with Gasteiger partial charge in [0.2, 0.25) is 0 Å². The summed E-state index contributed by atoms with van der Waals surface area (Å²) in [7, 11) is 0. The second-order valence-electron chi connectivity index (χ2n) is 5.36. The van der Waals surface area contributed by atoms with Crippen LogP contribution in [0, 0.1) is 5.92 Å². The molecule has 2 unspecified atom stereocenters. The van der Waals surface area contributed by atoms with Crippen molar-refractivity contribution in [2.45, 2.75) is 64.0 Å². The summed E-state index contributed by atoms with van der Waals surface area (Å²) in [6.45, 7) is 2.37. The van der Waals surface area contributed by atoms with Gasteiger partial charge in [-0.1, -0.05) is 25.7 Å². The molecular formula is C13H25NS. The van der Waals surface area contributed by atoms with Crippen LogP contribution in [0.3, 0.4) is 0 Å². The van der Waals surface area contributed by atoms with Crippen LogP contribution in [-0.2, 0) is 0 Å². The molecule has 0 aromatic carbocycles. The molecule has 2 atom stereocenters. The van der Waals surface area contributed by atoms with E-state index in [-0.39, 0.29) is 0 Å². The summed E-state index contributed by atoms with van der Waals surface area (Å²) in [4.78, 5) is 0. The fraction of sp³-hybridized carbons (Fsp3) is 1.00. The van der Waals surface area contributed by atoms with Crippen LogP contribution < -0.4 is 5.32 Å². The maximum atomic E-state index is 3.78. The summed E-state index contributed by atoms with van der Waals surface area (Å²) in [6.07, 6.45) is 10.2. The third kappa shape index (κ3) is 3.99. The van der Waals surface area contributed by atoms with Crippen LogP contribution in [0.5, 0.6) is 0 Å². The lowest BCUT2D eigenvalue weighted by atomic mass is 9.99. The molecule has 2 aliphatic rings. The van der Waals surface area contributed by atoms with Gasteiger partial charge < -0.3 is 5.32 Å². The standard InChI is InChI=1S/C13H25NS/c1-11(14-13-8-9-15-10-13)6-7-12-4-2-3-5-12/h11-14H,2-10H2,1H3. The van der Waals surface area contributed by atoms with E-state index in [0.29, 0.717) is 0 Å². The van der Waals surface area contributed by atoms with Crippen molar-refractivity contribution in [3.8, 4) is 0 Å². The highest BCUT2D eigenvalue weighted by Crippen LogP contribution is 2.29. The first-order valence-corrected chi connectivity index (χ1v) is 7.84. The fourth-order valence-electron chi connectivity index (χ4n) is 2.94. The molecule has 2 heteroatoms. The zero-order valence-electron chi connectivity index (χ0n) is 10.0. The summed E-state index contributed by atoms with van der Waals surface area (Å²) in [6, 6.07) is 1.56. The first-order valence-electron chi connectivity index (χ1n) is 6.68. The zero-order valence-corrected chi connectivity index (χ0v) is 10.8. The van der Waals surface area contributed by atoms with Crippen LogP contribution >= 0.6 is 11.8 Å². The molecule has 1 nitrogen and oxygen atoms in total. The zero-order chi connectivity index (χ0) is 10.5. The Labute approximate surface area is 98.8 Å². The summed E-state index contributed by atoms with van der Waals surface area (Å²) in [5.41, 5.74) is 0. The fourth-order valence-corrected chi connectivity index (χ4v) is 4.10. The highest BCUT2D eigenvalue weighted by molar-refractivity contribution is 7.99. The molecule has 1 aliphatic heterocycles. The van der Waals surface area contributed by atoms with Crippen molar-refractivity contribution < 1.29 is 0 Å². The van der Waals surface area contributed by atoms with Crippen LogP contribution in [0.2, 0.25) is 0 Å². The van der Waals surface area contributed by atoms with Gasteiger partial charge in [-0.2, -0.15) is 11.8 Å². The number of thioether (sulfide) groups is 1. The van der Waals surface area contributed by atoms with Crippen molar-refractivity contribution in [2.75, 3.05) is 11.5 Å². The number of hydrogen-bond acceptors (Lipinski definition) is 2. The lowest BCUT2D eigenvalue weighted by Gasteiger charge is -2.20. The lowest BCUT2D eigenvalue weighted by Crippen LogP contribution is -2.36. The summed E-state index contributed by atoms with van der Waals surface area (Å²) in [5.74, 6) is 3.77. The van der Waals surface area contributed by atoms with E-state index in [1.165, 1.54) is 56.5 Å². The third-order valence-electron chi connectivity index (χ3n) is 3.93. The molecule has 1 N–H and O–H groups in total. The second-order valence-corrected chi connectivity index (χ2v) is 6.51. The minimum Gasteiger partial charge on any atom is -0.311 e. The van der Waals surface area contributed by atoms with Gasteiger partial charge in [0.1, 0.15) is 0 Å². The summed E-state index contributed by atoms with van der Waals surface area (Å²) < 4.78 is 0. The minimum atomic E-state index is 0.745. The molecule has 2 fully saturated rings. The maximum Gasteiger partial charge on any atom is 0.0168 e. The molecule has 1 saturated carbocycles. The summed E-state index contributed by atoms with van der Waals surface area (Å²) in [5, 5.41) is 3.78. The van der Waals surface area contributed by atoms with Crippen molar-refractivity contribution >= 4 is 11.8 Å². The van der Waals surface area contributed by atoms with Crippen LogP contribution in [0.15, 0.2) is 0 Å². The van der Waals surface area contributed by atoms with E-state index in [4.69, 9.17) is 0 Å². The molecule has 0 aromatic heterocycles. The predicted molar refractivity (Wildman–Crippen MR) is 69.5 cm³/mol. The average molecular weight is 227 g/mol. The van der Waals surface area contributed by atoms with E-state index >= 15 is 0 Å². The van der Waals surface area contributed by atoms with Crippen LogP contribution in [0.4, 0.5) is 0 Å². The Morgan fingerprint density at radius 1 is 1.27 bits per heavy atom. The minimum absolute atomic E-state index is 0.745. The van der Waals surface area contributed by atoms with Gasteiger partial charge in [-0.15, -0.1) is 0 Å². The maximum absolute atomic E-state index is 3.78. The van der Waals surface area contributed by atoms with Gasteiger partial charge >= 0.3 is 0 Å². The first kappa shape index (κ1) is 11.8. The van der Waals surface area contributed by atoms with Crippen molar-refractivity contribution in [1.82, 2.24) is 5.32 Å². The van der Waals surface area contributed by atoms with E-state index in [1.807, 2.05) is 0 Å². The van der Waals surface area contributed by atoms with E-state index in [0.717, 1.165) is 18.0 Å². The normalized spacial score (nSPS) is 29.8. The Morgan fingerprint density at radius 3 is 2.73 bits per heavy atom. The highest BCUT2D eigenvalue weighted by atomic mass is 32.2. The molecule has 2 rings (SSSR count). The largest absolute Gasteiger partial charge is 0.311 e. The molecule has 0 spiro atoms. The average Bonchev–Trinajstić information content (AvgIpc) is 2.86. The Balaban J connectivity index is 1.57. The monoisotopic (exact) mass is 227 g/mol. The van der Waals surface area contributed by atoms with Gasteiger partial charge in [0, 0.05) is 17.8 Å². The van der Waals surface area contributed by atoms with E-state index in [2.05, 4.69) is 24.0 Å². The topological polar surface area (TPSA) is 12.0 Å². The molecular weight excluding hydrogens is 202 g/mol. The highest BCUT2D eigenvalue weighted by Gasteiger charge is 2.19. The number of nitrogens with one attached hydrogen (secondary N) is 1. The second kappa shape index (κ2) is 6.15. The van der Waals surface area contributed by atoms with Gasteiger partial charge in [0.15, 0.2) is 0 Å². The van der Waals surface area contributed by atoms with Gasteiger partial charge in [-0.05, 0) is 37.9 Å². The molecule has 0 aromatic rings. The molecule has 88 valence electrons. The van der Waals surface area contributed by atoms with Gasteiger partial charge in [-0.3, -0.25) is 0 Å². The molecule has 0 radical (unpaired) electrons. The van der Waals surface area contributed by atoms with Gasteiger partial charge in [0.05, 0.1) is 0 Å². The van der Waals surface area contributed by atoms with Crippen molar-refractivity contribution in [1.29, 1.82) is 0 Å². The Bertz CT molecular complexity index is 171. The van der Waals surface area contributed by atoms with Crippen molar-refractivity contribution in [2.24, 2.45) is 5.92 Å². The Morgan fingerprint density at radius 2 is 2.07 bits per heavy atom. The van der Waals surface area contributed by atoms with Crippen molar-refractivity contribution in [3.05, 3.63) is 0 Å². The predicted octanol–water partition coefficient (Wildman–Crippen LogP) is 3.44. The smallest absolute Gasteiger partial charge is 0.0168 e.